The number of nitrogens with two attached hydrogens (primary N) is 1. The minimum Gasteiger partial charge on any atom is -0.444 e. The second-order valence-corrected chi connectivity index (χ2v) is 11.5. The number of alkyl carbamates (subject to hydrolysis) is 1. The molecule has 40 heavy (non-hydrogen) atoms. The normalized spacial score (nSPS) is 22.4. The summed E-state index contributed by atoms with van der Waals surface area (Å²) in [6.45, 7) is 5.33. The van der Waals surface area contributed by atoms with Gasteiger partial charge in [0.1, 0.15) is 17.5 Å². The number of aromatic nitrogens is 2. The van der Waals surface area contributed by atoms with Crippen molar-refractivity contribution in [3.8, 4) is 0 Å². The van der Waals surface area contributed by atoms with Crippen molar-refractivity contribution in [1.29, 1.82) is 0 Å². The van der Waals surface area contributed by atoms with Gasteiger partial charge in [-0.05, 0) is 69.6 Å². The molecule has 2 fully saturated rings. The Morgan fingerprint density at radius 1 is 1.12 bits per heavy atom. The molecule has 4 rings (SSSR count). The average molecular weight is 555 g/mol. The Hall–Kier alpha value is -3.93. The number of benzene rings is 1. The number of hydrogen-bond donors (Lipinski definition) is 5. The first-order valence-electron chi connectivity index (χ1n) is 13.6. The van der Waals surface area contributed by atoms with Gasteiger partial charge >= 0.3 is 6.09 Å². The molecule has 12 heteroatoms. The third-order valence-electron chi connectivity index (χ3n) is 7.49. The fourth-order valence-corrected chi connectivity index (χ4v) is 5.76. The van der Waals surface area contributed by atoms with E-state index in [4.69, 9.17) is 10.5 Å². The lowest BCUT2D eigenvalue weighted by Gasteiger charge is -2.32. The Bertz CT molecular complexity index is 1240. The molecule has 2 saturated carbocycles. The summed E-state index contributed by atoms with van der Waals surface area (Å²) in [6, 6.07) is 6.78. The van der Waals surface area contributed by atoms with Crippen LogP contribution < -0.4 is 21.7 Å². The molecule has 0 radical (unpaired) electrons. The predicted octanol–water partition coefficient (Wildman–Crippen LogP) is 1.58. The minimum absolute atomic E-state index is 0.116. The molecule has 2 bridgehead atoms. The van der Waals surface area contributed by atoms with E-state index < -0.39 is 41.5 Å². The molecule has 2 aliphatic carbocycles. The van der Waals surface area contributed by atoms with Crippen molar-refractivity contribution in [2.75, 3.05) is 11.9 Å². The molecule has 1 aromatic carbocycles. The first-order chi connectivity index (χ1) is 18.9. The van der Waals surface area contributed by atoms with Crippen LogP contribution in [0.2, 0.25) is 0 Å². The van der Waals surface area contributed by atoms with Gasteiger partial charge < -0.3 is 31.5 Å². The van der Waals surface area contributed by atoms with E-state index in [0.29, 0.717) is 16.9 Å². The molecular formula is C28H38N6O6. The molecule has 1 heterocycles. The molecule has 0 spiro atoms. The number of ether oxygens (including phenoxy) is 1. The quantitative estimate of drug-likeness (QED) is 0.296. The van der Waals surface area contributed by atoms with Crippen molar-refractivity contribution in [3.63, 3.8) is 0 Å². The number of primary amides is 1. The number of nitrogens with zero attached hydrogens (tertiary/aromatic N) is 2. The number of aliphatic hydroxyl groups is 1. The Morgan fingerprint density at radius 3 is 2.48 bits per heavy atom. The van der Waals surface area contributed by atoms with Gasteiger partial charge in [0, 0.05) is 24.1 Å². The summed E-state index contributed by atoms with van der Waals surface area (Å²) in [5, 5.41) is 22.1. The number of anilines is 1. The van der Waals surface area contributed by atoms with Gasteiger partial charge in [0.05, 0.1) is 25.3 Å². The standard InChI is InChI=1S/C28H38N6O6/c1-28(2,3)40-27(39)31-20(14-16-4-6-17(7-5-16)24(29)36)25(37)33-23-19-9-8-18(15-19)22(23)26(38)32-21-10-11-30-34(21)12-13-35/h4-7,10-11,18-20,22-23,35H,8-9,12-15H2,1-3H3,(H2,29,36)(H,31,39)(H,32,38)(H,33,37)/t18-,19+,20-,22+,23+/m1/s1. The third kappa shape index (κ3) is 6.98. The van der Waals surface area contributed by atoms with Crippen molar-refractivity contribution < 1.29 is 29.0 Å². The van der Waals surface area contributed by atoms with Gasteiger partial charge in [0.2, 0.25) is 17.7 Å². The summed E-state index contributed by atoms with van der Waals surface area (Å²) in [7, 11) is 0. The SMILES string of the molecule is CC(C)(C)OC(=O)N[C@H](Cc1ccc(C(N)=O)cc1)C(=O)N[C@H]1[C@H]2CC[C@H](C2)[C@@H]1C(=O)Nc1ccnn1CCO. The molecule has 0 saturated heterocycles. The second kappa shape index (κ2) is 12.1. The highest BCUT2D eigenvalue weighted by Gasteiger charge is 2.51. The van der Waals surface area contributed by atoms with E-state index in [2.05, 4.69) is 21.0 Å². The topological polar surface area (TPSA) is 178 Å². The number of amides is 4. The zero-order valence-electron chi connectivity index (χ0n) is 23.1. The lowest BCUT2D eigenvalue weighted by molar-refractivity contribution is -0.126. The highest BCUT2D eigenvalue weighted by atomic mass is 16.6. The molecule has 12 nitrogen and oxygen atoms in total. The van der Waals surface area contributed by atoms with Crippen LogP contribution in [0.3, 0.4) is 0 Å². The second-order valence-electron chi connectivity index (χ2n) is 11.5. The molecule has 0 aliphatic heterocycles. The Balaban J connectivity index is 1.50. The molecule has 6 N–H and O–H groups in total. The van der Waals surface area contributed by atoms with Crippen LogP contribution in [-0.4, -0.2) is 63.0 Å². The van der Waals surface area contributed by atoms with Gasteiger partial charge in [-0.3, -0.25) is 14.4 Å². The number of fused-ring (bicyclic) bond motifs is 2. The summed E-state index contributed by atoms with van der Waals surface area (Å²) < 4.78 is 6.91. The van der Waals surface area contributed by atoms with Gasteiger partial charge in [-0.1, -0.05) is 12.1 Å². The summed E-state index contributed by atoms with van der Waals surface area (Å²) in [4.78, 5) is 51.2. The largest absolute Gasteiger partial charge is 0.444 e. The summed E-state index contributed by atoms with van der Waals surface area (Å²) in [5.74, 6) is -0.894. The fraction of sp³-hybridized carbons (Fsp3) is 0.536. The minimum atomic E-state index is -0.983. The first-order valence-corrected chi connectivity index (χ1v) is 13.6. The van der Waals surface area contributed by atoms with Crippen LogP contribution in [0, 0.1) is 17.8 Å². The number of rotatable bonds is 10. The van der Waals surface area contributed by atoms with Gasteiger partial charge in [-0.25, -0.2) is 9.48 Å². The van der Waals surface area contributed by atoms with E-state index in [1.807, 2.05) is 0 Å². The summed E-state index contributed by atoms with van der Waals surface area (Å²) in [5.41, 5.74) is 5.62. The lowest BCUT2D eigenvalue weighted by atomic mass is 9.83. The molecule has 4 amide bonds. The van der Waals surface area contributed by atoms with Crippen molar-refractivity contribution in [2.45, 2.75) is 70.7 Å². The van der Waals surface area contributed by atoms with Gasteiger partial charge in [-0.2, -0.15) is 5.10 Å². The molecule has 5 atom stereocenters. The number of nitrogens with one attached hydrogen (secondary N) is 3. The highest BCUT2D eigenvalue weighted by molar-refractivity contribution is 5.94. The van der Waals surface area contributed by atoms with Crippen molar-refractivity contribution >= 4 is 29.6 Å². The Labute approximate surface area is 233 Å². The zero-order valence-corrected chi connectivity index (χ0v) is 23.1. The monoisotopic (exact) mass is 554 g/mol. The molecular weight excluding hydrogens is 516 g/mol. The van der Waals surface area contributed by atoms with Gasteiger partial charge in [0.15, 0.2) is 0 Å². The number of carbonyl (C=O) groups excluding carboxylic acids is 4. The third-order valence-corrected chi connectivity index (χ3v) is 7.49. The van der Waals surface area contributed by atoms with Crippen LogP contribution in [0.25, 0.3) is 0 Å². The van der Waals surface area contributed by atoms with E-state index in [9.17, 15) is 24.3 Å². The smallest absolute Gasteiger partial charge is 0.408 e. The average Bonchev–Trinajstić information content (AvgIpc) is 3.60. The van der Waals surface area contributed by atoms with Gasteiger partial charge in [-0.15, -0.1) is 0 Å². The number of aliphatic hydroxyl groups excluding tert-OH is 1. The van der Waals surface area contributed by atoms with E-state index in [-0.39, 0.29) is 37.3 Å². The Kier molecular flexibility index (Phi) is 8.77. The Morgan fingerprint density at radius 2 is 1.82 bits per heavy atom. The predicted molar refractivity (Wildman–Crippen MR) is 146 cm³/mol. The van der Waals surface area contributed by atoms with Crippen LogP contribution in [0.4, 0.5) is 10.6 Å². The maximum absolute atomic E-state index is 13.7. The molecule has 1 aromatic heterocycles. The van der Waals surface area contributed by atoms with Crippen LogP contribution in [0.1, 0.15) is 56.0 Å². The number of carbonyl (C=O) groups is 4. The van der Waals surface area contributed by atoms with Crippen molar-refractivity contribution in [2.24, 2.45) is 23.5 Å². The first kappa shape index (κ1) is 29.1. The maximum Gasteiger partial charge on any atom is 0.408 e. The molecule has 2 aliphatic rings. The van der Waals surface area contributed by atoms with Gasteiger partial charge in [0.25, 0.3) is 0 Å². The number of hydrogen-bond acceptors (Lipinski definition) is 7. The molecule has 216 valence electrons. The summed E-state index contributed by atoms with van der Waals surface area (Å²) >= 11 is 0. The van der Waals surface area contributed by atoms with Crippen LogP contribution >= 0.6 is 0 Å². The summed E-state index contributed by atoms with van der Waals surface area (Å²) in [6.07, 6.45) is 3.59. The maximum atomic E-state index is 13.7. The van der Waals surface area contributed by atoms with E-state index >= 15 is 0 Å². The lowest BCUT2D eigenvalue weighted by Crippen LogP contribution is -2.55. The van der Waals surface area contributed by atoms with E-state index in [0.717, 1.165) is 19.3 Å². The zero-order chi connectivity index (χ0) is 29.0. The molecule has 2 aromatic rings. The van der Waals surface area contributed by atoms with Crippen LogP contribution in [0.5, 0.6) is 0 Å². The van der Waals surface area contributed by atoms with Crippen LogP contribution in [-0.2, 0) is 27.3 Å². The molecule has 0 unspecified atom stereocenters. The van der Waals surface area contributed by atoms with E-state index in [1.165, 1.54) is 4.68 Å². The highest BCUT2D eigenvalue weighted by Crippen LogP contribution is 2.49. The van der Waals surface area contributed by atoms with E-state index in [1.54, 1.807) is 57.3 Å². The fourth-order valence-electron chi connectivity index (χ4n) is 5.76. The van der Waals surface area contributed by atoms with Crippen molar-refractivity contribution in [1.82, 2.24) is 20.4 Å². The van der Waals surface area contributed by atoms with Crippen LogP contribution in [0.15, 0.2) is 36.5 Å². The van der Waals surface area contributed by atoms with Crippen molar-refractivity contribution in [3.05, 3.63) is 47.7 Å².